The van der Waals surface area contributed by atoms with Gasteiger partial charge in [0.05, 0.1) is 5.60 Å². The van der Waals surface area contributed by atoms with Gasteiger partial charge in [0.25, 0.3) is 0 Å². The van der Waals surface area contributed by atoms with Gasteiger partial charge in [-0.1, -0.05) is 12.1 Å². The number of aliphatic hydroxyl groups excluding tert-OH is 1. The number of nitrogens with one attached hydrogen (secondary N) is 2. The molecule has 0 aliphatic heterocycles. The average Bonchev–Trinajstić information content (AvgIpc) is 2.26. The minimum Gasteiger partial charge on any atom is -0.356 e. The van der Waals surface area contributed by atoms with E-state index in [9.17, 15) is 9.50 Å². The van der Waals surface area contributed by atoms with Crippen molar-refractivity contribution < 1.29 is 14.2 Å². The van der Waals surface area contributed by atoms with E-state index in [1.165, 1.54) is 12.1 Å². The molecule has 19 heavy (non-hydrogen) atoms. The van der Waals surface area contributed by atoms with Gasteiger partial charge < -0.3 is 15.2 Å². The first-order valence-electron chi connectivity index (χ1n) is 6.41. The van der Waals surface area contributed by atoms with Gasteiger partial charge in [-0.05, 0) is 38.5 Å². The topological polar surface area (TPSA) is 53.5 Å². The van der Waals surface area contributed by atoms with Crippen molar-refractivity contribution in [2.75, 3.05) is 13.1 Å². The monoisotopic (exact) mass is 270 g/mol. The van der Waals surface area contributed by atoms with Crippen molar-refractivity contribution in [3.63, 3.8) is 0 Å². The lowest BCUT2D eigenvalue weighted by Crippen LogP contribution is -2.40. The zero-order chi connectivity index (χ0) is 14.3. The van der Waals surface area contributed by atoms with Crippen LogP contribution in [0.5, 0.6) is 0 Å². The molecule has 0 heterocycles. The van der Waals surface area contributed by atoms with Crippen LogP contribution in [-0.2, 0) is 11.3 Å². The zero-order valence-electron chi connectivity index (χ0n) is 11.7. The van der Waals surface area contributed by atoms with Crippen LogP contribution in [0.25, 0.3) is 0 Å². The summed E-state index contributed by atoms with van der Waals surface area (Å²) >= 11 is 0. The summed E-state index contributed by atoms with van der Waals surface area (Å²) in [5.74, 6) is -0.230. The molecule has 0 aliphatic rings. The van der Waals surface area contributed by atoms with Crippen LogP contribution in [0.2, 0.25) is 0 Å². The van der Waals surface area contributed by atoms with Crippen molar-refractivity contribution in [2.45, 2.75) is 39.3 Å². The largest absolute Gasteiger partial charge is 0.356 e. The molecule has 108 valence electrons. The standard InChI is InChI=1S/C14H23FN2O2/c1-14(2,3)19-13(18)17-8-7-16-10-11-5-4-6-12(15)9-11/h4-6,9,13,16-18H,7-8,10H2,1-3H3. The van der Waals surface area contributed by atoms with Crippen LogP contribution >= 0.6 is 0 Å². The molecule has 0 bridgehead atoms. The van der Waals surface area contributed by atoms with E-state index in [1.807, 2.05) is 26.8 Å². The second-order valence-corrected chi connectivity index (χ2v) is 5.34. The lowest BCUT2D eigenvalue weighted by molar-refractivity contribution is -0.180. The molecule has 1 unspecified atom stereocenters. The summed E-state index contributed by atoms with van der Waals surface area (Å²) in [4.78, 5) is 0. The molecule has 0 radical (unpaired) electrons. The number of hydrogen-bond acceptors (Lipinski definition) is 4. The molecule has 5 heteroatoms. The number of rotatable bonds is 7. The number of halogens is 1. The van der Waals surface area contributed by atoms with Crippen LogP contribution in [0.3, 0.4) is 0 Å². The highest BCUT2D eigenvalue weighted by atomic mass is 19.1. The Morgan fingerprint density at radius 3 is 2.68 bits per heavy atom. The first kappa shape index (κ1) is 16.0. The van der Waals surface area contributed by atoms with Gasteiger partial charge in [0.1, 0.15) is 5.82 Å². The van der Waals surface area contributed by atoms with Gasteiger partial charge in [0.15, 0.2) is 0 Å². The van der Waals surface area contributed by atoms with Crippen molar-refractivity contribution in [3.05, 3.63) is 35.6 Å². The third-order valence-electron chi connectivity index (χ3n) is 2.30. The summed E-state index contributed by atoms with van der Waals surface area (Å²) in [6.07, 6.45) is -0.976. The van der Waals surface area contributed by atoms with E-state index < -0.39 is 6.41 Å². The van der Waals surface area contributed by atoms with Gasteiger partial charge in [0, 0.05) is 19.6 Å². The molecular weight excluding hydrogens is 247 g/mol. The molecule has 3 N–H and O–H groups in total. The van der Waals surface area contributed by atoms with Gasteiger partial charge in [-0.15, -0.1) is 0 Å². The maximum absolute atomic E-state index is 12.9. The van der Waals surface area contributed by atoms with Crippen molar-refractivity contribution in [1.29, 1.82) is 0 Å². The highest BCUT2D eigenvalue weighted by Crippen LogP contribution is 2.07. The Labute approximate surface area is 114 Å². The van der Waals surface area contributed by atoms with Gasteiger partial charge in [-0.3, -0.25) is 5.32 Å². The van der Waals surface area contributed by atoms with Gasteiger partial charge in [0.2, 0.25) is 6.41 Å². The molecule has 1 aromatic carbocycles. The molecule has 0 aromatic heterocycles. The Morgan fingerprint density at radius 1 is 1.32 bits per heavy atom. The lowest BCUT2D eigenvalue weighted by Gasteiger charge is -2.24. The number of benzene rings is 1. The first-order valence-corrected chi connectivity index (χ1v) is 6.41. The first-order chi connectivity index (χ1) is 8.87. The highest BCUT2D eigenvalue weighted by molar-refractivity contribution is 5.15. The number of hydrogen-bond donors (Lipinski definition) is 3. The van der Waals surface area contributed by atoms with Crippen LogP contribution in [0.15, 0.2) is 24.3 Å². The summed E-state index contributed by atoms with van der Waals surface area (Å²) in [6.45, 7) is 7.43. The SMILES string of the molecule is CC(C)(C)OC(O)NCCNCc1cccc(F)c1. The summed E-state index contributed by atoms with van der Waals surface area (Å²) in [5.41, 5.74) is 0.507. The third kappa shape index (κ3) is 7.89. The maximum atomic E-state index is 12.9. The average molecular weight is 270 g/mol. The summed E-state index contributed by atoms with van der Waals surface area (Å²) in [7, 11) is 0. The van der Waals surface area contributed by atoms with Gasteiger partial charge in [-0.25, -0.2) is 4.39 Å². The highest BCUT2D eigenvalue weighted by Gasteiger charge is 2.15. The van der Waals surface area contributed by atoms with Crippen molar-refractivity contribution >= 4 is 0 Å². The van der Waals surface area contributed by atoms with Crippen LogP contribution < -0.4 is 10.6 Å². The molecule has 0 spiro atoms. The van der Waals surface area contributed by atoms with Crippen molar-refractivity contribution in [1.82, 2.24) is 10.6 Å². The molecule has 0 saturated carbocycles. The molecule has 0 saturated heterocycles. The Hall–Kier alpha value is -1.01. The Bertz CT molecular complexity index is 380. The van der Waals surface area contributed by atoms with Gasteiger partial charge in [-0.2, -0.15) is 0 Å². The Morgan fingerprint density at radius 2 is 2.05 bits per heavy atom. The van der Waals surface area contributed by atoms with E-state index in [0.717, 1.165) is 5.56 Å². The zero-order valence-corrected chi connectivity index (χ0v) is 11.7. The second-order valence-electron chi connectivity index (χ2n) is 5.34. The van der Waals surface area contributed by atoms with E-state index >= 15 is 0 Å². The summed E-state index contributed by atoms with van der Waals surface area (Å²) in [6, 6.07) is 6.47. The predicted molar refractivity (Wildman–Crippen MR) is 73.0 cm³/mol. The maximum Gasteiger partial charge on any atom is 0.214 e. The summed E-state index contributed by atoms with van der Waals surface area (Å²) in [5, 5.41) is 15.5. The van der Waals surface area contributed by atoms with Crippen LogP contribution in [0.4, 0.5) is 4.39 Å². The van der Waals surface area contributed by atoms with Crippen LogP contribution in [0.1, 0.15) is 26.3 Å². The second kappa shape index (κ2) is 7.55. The predicted octanol–water partition coefficient (Wildman–Crippen LogP) is 1.60. The fraction of sp³-hybridized carbons (Fsp3) is 0.571. The van der Waals surface area contributed by atoms with E-state index in [4.69, 9.17) is 4.74 Å². The number of ether oxygens (including phenoxy) is 1. The van der Waals surface area contributed by atoms with E-state index in [1.54, 1.807) is 6.07 Å². The molecule has 0 aliphatic carbocycles. The normalized spacial score (nSPS) is 13.5. The Balaban J connectivity index is 2.11. The molecule has 1 aromatic rings. The van der Waals surface area contributed by atoms with E-state index in [-0.39, 0.29) is 11.4 Å². The minimum atomic E-state index is -0.976. The molecule has 0 amide bonds. The number of aliphatic hydroxyl groups is 1. The quantitative estimate of drug-likeness (QED) is 0.520. The van der Waals surface area contributed by atoms with Crippen molar-refractivity contribution in [2.24, 2.45) is 0 Å². The molecule has 0 fully saturated rings. The minimum absolute atomic E-state index is 0.230. The fourth-order valence-corrected chi connectivity index (χ4v) is 1.54. The van der Waals surface area contributed by atoms with Gasteiger partial charge >= 0.3 is 0 Å². The van der Waals surface area contributed by atoms with E-state index in [2.05, 4.69) is 10.6 Å². The van der Waals surface area contributed by atoms with Crippen LogP contribution in [-0.4, -0.2) is 30.2 Å². The fourth-order valence-electron chi connectivity index (χ4n) is 1.54. The molecule has 1 atom stereocenters. The van der Waals surface area contributed by atoms with E-state index in [0.29, 0.717) is 19.6 Å². The lowest BCUT2D eigenvalue weighted by atomic mass is 10.2. The van der Waals surface area contributed by atoms with Crippen LogP contribution in [0, 0.1) is 5.82 Å². The third-order valence-corrected chi connectivity index (χ3v) is 2.30. The molecule has 1 rings (SSSR count). The molecule has 4 nitrogen and oxygen atoms in total. The smallest absolute Gasteiger partial charge is 0.214 e. The van der Waals surface area contributed by atoms with Crippen molar-refractivity contribution in [3.8, 4) is 0 Å². The summed E-state index contributed by atoms with van der Waals surface area (Å²) < 4.78 is 18.2. The Kier molecular flexibility index (Phi) is 6.37. The molecular formula is C14H23FN2O2.